The lowest BCUT2D eigenvalue weighted by Gasteiger charge is -2.10. The van der Waals surface area contributed by atoms with Crippen LogP contribution in [-0.2, 0) is 14.3 Å². The number of ether oxygens (including phenoxy) is 1. The number of benzene rings is 2. The third-order valence-corrected chi connectivity index (χ3v) is 5.19. The van der Waals surface area contributed by atoms with Crippen LogP contribution in [0.15, 0.2) is 47.4 Å². The molecule has 31 heavy (non-hydrogen) atoms. The Morgan fingerprint density at radius 2 is 1.71 bits per heavy atom. The van der Waals surface area contributed by atoms with Gasteiger partial charge in [-0.15, -0.1) is 11.8 Å². The molecule has 164 valence electrons. The van der Waals surface area contributed by atoms with E-state index < -0.39 is 12.6 Å². The molecule has 0 aliphatic heterocycles. The Labute approximate surface area is 189 Å². The van der Waals surface area contributed by atoms with Crippen molar-refractivity contribution >= 4 is 52.6 Å². The minimum absolute atomic E-state index is 0.0662. The van der Waals surface area contributed by atoms with Gasteiger partial charge in [-0.25, -0.2) is 0 Å². The van der Waals surface area contributed by atoms with Crippen LogP contribution in [0.3, 0.4) is 0 Å². The van der Waals surface area contributed by atoms with Gasteiger partial charge in [-0.1, -0.05) is 17.7 Å². The van der Waals surface area contributed by atoms with E-state index in [1.54, 1.807) is 42.5 Å². The molecule has 2 N–H and O–H groups in total. The number of halogens is 1. The predicted octanol–water partition coefficient (Wildman–Crippen LogP) is 3.96. The molecular formula is C22H23ClN2O5S. The molecule has 0 aromatic heterocycles. The van der Waals surface area contributed by atoms with Crippen molar-refractivity contribution in [1.82, 2.24) is 5.32 Å². The summed E-state index contributed by atoms with van der Waals surface area (Å²) in [6, 6.07) is 11.4. The molecule has 0 saturated carbocycles. The first kappa shape index (κ1) is 24.4. The number of hydrogen-bond donors (Lipinski definition) is 2. The van der Waals surface area contributed by atoms with E-state index in [0.717, 1.165) is 4.90 Å². The van der Waals surface area contributed by atoms with Crippen molar-refractivity contribution in [2.45, 2.75) is 24.7 Å². The van der Waals surface area contributed by atoms with Gasteiger partial charge >= 0.3 is 5.97 Å². The van der Waals surface area contributed by atoms with Crippen LogP contribution in [0.1, 0.15) is 40.5 Å². The van der Waals surface area contributed by atoms with Gasteiger partial charge in [0.05, 0.1) is 5.69 Å². The van der Waals surface area contributed by atoms with Gasteiger partial charge in [0.15, 0.2) is 12.4 Å². The molecule has 0 radical (unpaired) electrons. The number of thioether (sulfide) groups is 1. The Kier molecular flexibility index (Phi) is 9.55. The summed E-state index contributed by atoms with van der Waals surface area (Å²) in [5, 5.41) is 5.93. The summed E-state index contributed by atoms with van der Waals surface area (Å²) in [5.41, 5.74) is 1.35. The Hall–Kier alpha value is -2.84. The van der Waals surface area contributed by atoms with E-state index in [2.05, 4.69) is 10.6 Å². The molecule has 7 nitrogen and oxygen atoms in total. The minimum Gasteiger partial charge on any atom is -0.457 e. The number of esters is 1. The highest BCUT2D eigenvalue weighted by atomic mass is 35.5. The molecular weight excluding hydrogens is 440 g/mol. The molecule has 0 fully saturated rings. The summed E-state index contributed by atoms with van der Waals surface area (Å²) in [5.74, 6) is -1.40. The van der Waals surface area contributed by atoms with Crippen LogP contribution in [0.25, 0.3) is 0 Å². The number of ketones is 1. The maximum Gasteiger partial charge on any atom is 0.306 e. The number of hydrogen-bond acceptors (Lipinski definition) is 6. The Morgan fingerprint density at radius 1 is 1.03 bits per heavy atom. The average Bonchev–Trinajstić information content (AvgIpc) is 2.75. The quantitative estimate of drug-likeness (QED) is 0.240. The Balaban J connectivity index is 1.75. The second-order valence-electron chi connectivity index (χ2n) is 6.55. The van der Waals surface area contributed by atoms with Crippen molar-refractivity contribution in [3.63, 3.8) is 0 Å². The zero-order chi connectivity index (χ0) is 22.8. The molecule has 0 unspecified atom stereocenters. The zero-order valence-corrected chi connectivity index (χ0v) is 18.8. The molecule has 0 aliphatic rings. The molecule has 0 aliphatic carbocycles. The van der Waals surface area contributed by atoms with Crippen LogP contribution >= 0.6 is 23.4 Å². The average molecular weight is 463 g/mol. The second-order valence-corrected chi connectivity index (χ2v) is 7.83. The SMILES string of the molecule is CSc1ccc(C(=O)COC(=O)CCCNC(=O)c2ccc(Cl)cc2)cc1NC(C)=O. The second kappa shape index (κ2) is 12.1. The number of Topliss-reactive ketones (excluding diaryl/α,β-unsaturated/α-hetero) is 1. The van der Waals surface area contributed by atoms with Gasteiger partial charge in [0, 0.05) is 40.9 Å². The van der Waals surface area contributed by atoms with Gasteiger partial charge in [0.2, 0.25) is 5.91 Å². The first-order valence-corrected chi connectivity index (χ1v) is 11.1. The van der Waals surface area contributed by atoms with E-state index in [0.29, 0.717) is 34.8 Å². The van der Waals surface area contributed by atoms with E-state index in [1.165, 1.54) is 18.7 Å². The molecule has 0 heterocycles. The van der Waals surface area contributed by atoms with Crippen LogP contribution in [0, 0.1) is 0 Å². The van der Waals surface area contributed by atoms with Gasteiger partial charge < -0.3 is 15.4 Å². The smallest absolute Gasteiger partial charge is 0.306 e. The fourth-order valence-corrected chi connectivity index (χ4v) is 3.27. The van der Waals surface area contributed by atoms with Crippen LogP contribution < -0.4 is 10.6 Å². The largest absolute Gasteiger partial charge is 0.457 e. The molecule has 2 aromatic rings. The summed E-state index contributed by atoms with van der Waals surface area (Å²) in [6.07, 6.45) is 2.31. The molecule has 0 bridgehead atoms. The first-order chi connectivity index (χ1) is 14.8. The van der Waals surface area contributed by atoms with Crippen molar-refractivity contribution in [1.29, 1.82) is 0 Å². The third kappa shape index (κ3) is 8.07. The highest BCUT2D eigenvalue weighted by Gasteiger charge is 2.13. The van der Waals surface area contributed by atoms with E-state index in [9.17, 15) is 19.2 Å². The van der Waals surface area contributed by atoms with Gasteiger partial charge in [-0.3, -0.25) is 19.2 Å². The van der Waals surface area contributed by atoms with Crippen LogP contribution in [0.4, 0.5) is 5.69 Å². The monoisotopic (exact) mass is 462 g/mol. The molecule has 2 amide bonds. The molecule has 0 spiro atoms. The fourth-order valence-electron chi connectivity index (χ4n) is 2.61. The normalized spacial score (nSPS) is 10.3. The maximum absolute atomic E-state index is 12.3. The summed E-state index contributed by atoms with van der Waals surface area (Å²) in [6.45, 7) is 1.28. The van der Waals surface area contributed by atoms with E-state index >= 15 is 0 Å². The van der Waals surface area contributed by atoms with Gasteiger partial charge in [0.1, 0.15) is 0 Å². The van der Waals surface area contributed by atoms with E-state index in [4.69, 9.17) is 16.3 Å². The Bertz CT molecular complexity index is 963. The number of carbonyl (C=O) groups excluding carboxylic acids is 4. The standard InChI is InChI=1S/C22H23ClN2O5S/c1-14(26)25-18-12-16(7-10-20(18)31-2)19(27)13-30-21(28)4-3-11-24-22(29)15-5-8-17(23)9-6-15/h5-10,12H,3-4,11,13H2,1-2H3,(H,24,29)(H,25,26). The zero-order valence-electron chi connectivity index (χ0n) is 17.2. The topological polar surface area (TPSA) is 102 Å². The summed E-state index contributed by atoms with van der Waals surface area (Å²) in [4.78, 5) is 48.3. The van der Waals surface area contributed by atoms with Crippen LogP contribution in [0.2, 0.25) is 5.02 Å². The van der Waals surface area contributed by atoms with E-state index in [-0.39, 0.29) is 24.0 Å². The van der Waals surface area contributed by atoms with Crippen LogP contribution in [0.5, 0.6) is 0 Å². The van der Waals surface area contributed by atoms with Crippen LogP contribution in [-0.4, -0.2) is 43.0 Å². The van der Waals surface area contributed by atoms with Crippen molar-refractivity contribution in [3.05, 3.63) is 58.6 Å². The van der Waals surface area contributed by atoms with Gasteiger partial charge in [-0.2, -0.15) is 0 Å². The highest BCUT2D eigenvalue weighted by Crippen LogP contribution is 2.26. The summed E-state index contributed by atoms with van der Waals surface area (Å²) >= 11 is 7.23. The van der Waals surface area contributed by atoms with Crippen molar-refractivity contribution in [2.24, 2.45) is 0 Å². The summed E-state index contributed by atoms with van der Waals surface area (Å²) < 4.78 is 5.03. The molecule has 9 heteroatoms. The third-order valence-electron chi connectivity index (χ3n) is 4.15. The van der Waals surface area contributed by atoms with Crippen molar-refractivity contribution < 1.29 is 23.9 Å². The van der Waals surface area contributed by atoms with Gasteiger partial charge in [0.25, 0.3) is 5.91 Å². The fraction of sp³-hybridized carbons (Fsp3) is 0.273. The Morgan fingerprint density at radius 3 is 2.35 bits per heavy atom. The predicted molar refractivity (Wildman–Crippen MR) is 121 cm³/mol. The molecule has 0 saturated heterocycles. The van der Waals surface area contributed by atoms with E-state index in [1.807, 2.05) is 6.26 Å². The summed E-state index contributed by atoms with van der Waals surface area (Å²) in [7, 11) is 0. The number of nitrogens with one attached hydrogen (secondary N) is 2. The number of anilines is 1. The van der Waals surface area contributed by atoms with Crippen molar-refractivity contribution in [3.8, 4) is 0 Å². The number of amides is 2. The first-order valence-electron chi connectivity index (χ1n) is 9.48. The molecule has 0 atom stereocenters. The lowest BCUT2D eigenvalue weighted by molar-refractivity contribution is -0.142. The number of rotatable bonds is 10. The molecule has 2 rings (SSSR count). The highest BCUT2D eigenvalue weighted by molar-refractivity contribution is 7.98. The lowest BCUT2D eigenvalue weighted by atomic mass is 10.1. The van der Waals surface area contributed by atoms with Crippen molar-refractivity contribution in [2.75, 3.05) is 24.7 Å². The molecule has 2 aromatic carbocycles. The minimum atomic E-state index is -0.531. The maximum atomic E-state index is 12.3. The van der Waals surface area contributed by atoms with Gasteiger partial charge in [-0.05, 0) is 49.1 Å². The number of carbonyl (C=O) groups is 4. The lowest BCUT2D eigenvalue weighted by Crippen LogP contribution is -2.25.